The monoisotopic (exact) mass is 209 g/mol. The standard InChI is InChI=1S/C8H8ClN5/c9-6-4-12-8(13-5-6)14-2-1-11-7(14)3-10/h1-2,4-5H,3,10H2. The van der Waals surface area contributed by atoms with Gasteiger partial charge in [-0.15, -0.1) is 0 Å². The lowest BCUT2D eigenvalue weighted by atomic mass is 10.6. The van der Waals surface area contributed by atoms with Gasteiger partial charge in [0.1, 0.15) is 5.82 Å². The lowest BCUT2D eigenvalue weighted by molar-refractivity contribution is 0.821. The van der Waals surface area contributed by atoms with Crippen LogP contribution in [0, 0.1) is 0 Å². The van der Waals surface area contributed by atoms with Crippen LogP contribution in [-0.4, -0.2) is 19.5 Å². The number of nitrogens with two attached hydrogens (primary N) is 1. The summed E-state index contributed by atoms with van der Waals surface area (Å²) >= 11 is 5.67. The molecule has 2 rings (SSSR count). The summed E-state index contributed by atoms with van der Waals surface area (Å²) in [6.07, 6.45) is 6.47. The van der Waals surface area contributed by atoms with E-state index >= 15 is 0 Å². The van der Waals surface area contributed by atoms with Gasteiger partial charge in [0, 0.05) is 12.4 Å². The van der Waals surface area contributed by atoms with E-state index in [1.807, 2.05) is 0 Å². The van der Waals surface area contributed by atoms with Crippen molar-refractivity contribution >= 4 is 11.6 Å². The molecule has 2 aromatic heterocycles. The highest BCUT2D eigenvalue weighted by Gasteiger charge is 2.04. The topological polar surface area (TPSA) is 69.6 Å². The van der Waals surface area contributed by atoms with E-state index < -0.39 is 0 Å². The highest BCUT2D eigenvalue weighted by molar-refractivity contribution is 6.30. The van der Waals surface area contributed by atoms with Crippen molar-refractivity contribution < 1.29 is 0 Å². The third kappa shape index (κ3) is 1.59. The maximum absolute atomic E-state index is 5.67. The maximum atomic E-state index is 5.67. The SMILES string of the molecule is NCc1nccn1-c1ncc(Cl)cn1. The molecule has 0 fully saturated rings. The molecule has 72 valence electrons. The summed E-state index contributed by atoms with van der Waals surface area (Å²) in [5, 5.41) is 0.503. The van der Waals surface area contributed by atoms with Crippen molar-refractivity contribution in [2.24, 2.45) is 5.73 Å². The quantitative estimate of drug-likeness (QED) is 0.794. The van der Waals surface area contributed by atoms with Crippen molar-refractivity contribution in [3.63, 3.8) is 0 Å². The number of aromatic nitrogens is 4. The molecule has 0 saturated carbocycles. The minimum absolute atomic E-state index is 0.346. The molecule has 5 nitrogen and oxygen atoms in total. The first-order chi connectivity index (χ1) is 6.81. The van der Waals surface area contributed by atoms with Crippen molar-refractivity contribution in [2.45, 2.75) is 6.54 Å². The molecule has 0 aliphatic rings. The van der Waals surface area contributed by atoms with Crippen molar-refractivity contribution in [1.29, 1.82) is 0 Å². The number of hydrogen-bond donors (Lipinski definition) is 1. The van der Waals surface area contributed by atoms with Crippen LogP contribution in [0.1, 0.15) is 5.82 Å². The van der Waals surface area contributed by atoms with Gasteiger partial charge in [-0.3, -0.25) is 4.57 Å². The highest BCUT2D eigenvalue weighted by Crippen LogP contribution is 2.07. The molecule has 0 radical (unpaired) electrons. The third-order valence-electron chi connectivity index (χ3n) is 1.72. The Balaban J connectivity index is 2.44. The Bertz CT molecular complexity index is 422. The fraction of sp³-hybridized carbons (Fsp3) is 0.125. The fourth-order valence-electron chi connectivity index (χ4n) is 1.10. The summed E-state index contributed by atoms with van der Waals surface area (Å²) < 4.78 is 1.72. The van der Waals surface area contributed by atoms with Crippen LogP contribution < -0.4 is 5.73 Å². The number of imidazole rings is 1. The molecule has 0 saturated heterocycles. The van der Waals surface area contributed by atoms with Crippen LogP contribution in [0.3, 0.4) is 0 Å². The maximum Gasteiger partial charge on any atom is 0.235 e. The Morgan fingerprint density at radius 2 is 2.00 bits per heavy atom. The number of nitrogens with zero attached hydrogens (tertiary/aromatic N) is 4. The van der Waals surface area contributed by atoms with E-state index in [1.54, 1.807) is 17.0 Å². The van der Waals surface area contributed by atoms with E-state index in [0.29, 0.717) is 23.3 Å². The minimum Gasteiger partial charge on any atom is -0.324 e. The van der Waals surface area contributed by atoms with Crippen molar-refractivity contribution in [3.8, 4) is 5.95 Å². The lowest BCUT2D eigenvalue weighted by Crippen LogP contribution is -2.08. The molecule has 0 aromatic carbocycles. The molecule has 2 N–H and O–H groups in total. The highest BCUT2D eigenvalue weighted by atomic mass is 35.5. The predicted molar refractivity (Wildman–Crippen MR) is 52.1 cm³/mol. The lowest BCUT2D eigenvalue weighted by Gasteiger charge is -2.02. The van der Waals surface area contributed by atoms with E-state index in [4.69, 9.17) is 17.3 Å². The zero-order valence-electron chi connectivity index (χ0n) is 7.26. The van der Waals surface area contributed by atoms with E-state index in [0.717, 1.165) is 0 Å². The normalized spacial score (nSPS) is 10.4. The molecule has 0 aliphatic heterocycles. The minimum atomic E-state index is 0.346. The van der Waals surface area contributed by atoms with E-state index in [-0.39, 0.29) is 0 Å². The van der Waals surface area contributed by atoms with E-state index in [9.17, 15) is 0 Å². The van der Waals surface area contributed by atoms with Crippen molar-refractivity contribution in [1.82, 2.24) is 19.5 Å². The Morgan fingerprint density at radius 1 is 1.29 bits per heavy atom. The Labute approximate surface area is 85.6 Å². The van der Waals surface area contributed by atoms with Gasteiger partial charge in [0.05, 0.1) is 24.0 Å². The fourth-order valence-corrected chi connectivity index (χ4v) is 1.19. The molecule has 2 aromatic rings. The number of hydrogen-bond acceptors (Lipinski definition) is 4. The van der Waals surface area contributed by atoms with E-state index in [2.05, 4.69) is 15.0 Å². The van der Waals surface area contributed by atoms with Gasteiger partial charge in [-0.05, 0) is 0 Å². The van der Waals surface area contributed by atoms with Crippen molar-refractivity contribution in [3.05, 3.63) is 35.6 Å². The Hall–Kier alpha value is -1.46. The zero-order chi connectivity index (χ0) is 9.97. The Kier molecular flexibility index (Phi) is 2.43. The molecular formula is C8H8ClN5. The third-order valence-corrected chi connectivity index (χ3v) is 1.92. The van der Waals surface area contributed by atoms with Crippen LogP contribution in [0.25, 0.3) is 5.95 Å². The summed E-state index contributed by atoms with van der Waals surface area (Å²) in [7, 11) is 0. The Morgan fingerprint density at radius 3 is 2.64 bits per heavy atom. The van der Waals surface area contributed by atoms with E-state index in [1.165, 1.54) is 12.4 Å². The van der Waals surface area contributed by atoms with Crippen LogP contribution in [0.15, 0.2) is 24.8 Å². The van der Waals surface area contributed by atoms with Gasteiger partial charge in [-0.25, -0.2) is 15.0 Å². The first-order valence-electron chi connectivity index (χ1n) is 4.01. The first-order valence-corrected chi connectivity index (χ1v) is 4.39. The van der Waals surface area contributed by atoms with Gasteiger partial charge in [-0.2, -0.15) is 0 Å². The van der Waals surface area contributed by atoms with Crippen LogP contribution in [0.2, 0.25) is 5.02 Å². The largest absolute Gasteiger partial charge is 0.324 e. The molecule has 2 heterocycles. The summed E-state index contributed by atoms with van der Waals surface area (Å²) in [6.45, 7) is 0.346. The molecular weight excluding hydrogens is 202 g/mol. The number of rotatable bonds is 2. The average Bonchev–Trinajstić information content (AvgIpc) is 2.67. The molecule has 0 amide bonds. The summed E-state index contributed by atoms with van der Waals surface area (Å²) in [4.78, 5) is 12.2. The van der Waals surface area contributed by atoms with Crippen LogP contribution >= 0.6 is 11.6 Å². The van der Waals surface area contributed by atoms with Gasteiger partial charge in [-0.1, -0.05) is 11.6 Å². The van der Waals surface area contributed by atoms with Gasteiger partial charge in [0.25, 0.3) is 0 Å². The molecule has 0 aliphatic carbocycles. The van der Waals surface area contributed by atoms with Gasteiger partial charge < -0.3 is 5.73 Å². The molecule has 0 bridgehead atoms. The van der Waals surface area contributed by atoms with Crippen LogP contribution in [-0.2, 0) is 6.54 Å². The van der Waals surface area contributed by atoms with Crippen molar-refractivity contribution in [2.75, 3.05) is 0 Å². The first kappa shape index (κ1) is 9.11. The summed E-state index contributed by atoms with van der Waals surface area (Å²) in [5.74, 6) is 1.24. The zero-order valence-corrected chi connectivity index (χ0v) is 8.02. The van der Waals surface area contributed by atoms with Gasteiger partial charge in [0.2, 0.25) is 5.95 Å². The predicted octanol–water partition coefficient (Wildman–Crippen LogP) is 0.774. The van der Waals surface area contributed by atoms with Gasteiger partial charge >= 0.3 is 0 Å². The molecule has 6 heteroatoms. The molecule has 0 atom stereocenters. The second-order valence-electron chi connectivity index (χ2n) is 2.62. The second kappa shape index (κ2) is 3.73. The molecule has 0 unspecified atom stereocenters. The number of halogens is 1. The summed E-state index contributed by atoms with van der Waals surface area (Å²) in [6, 6.07) is 0. The average molecular weight is 210 g/mol. The molecule has 0 spiro atoms. The van der Waals surface area contributed by atoms with Crippen LogP contribution in [0.5, 0.6) is 0 Å². The smallest absolute Gasteiger partial charge is 0.235 e. The van der Waals surface area contributed by atoms with Gasteiger partial charge in [0.15, 0.2) is 0 Å². The van der Waals surface area contributed by atoms with Crippen LogP contribution in [0.4, 0.5) is 0 Å². The second-order valence-corrected chi connectivity index (χ2v) is 3.06. The summed E-state index contributed by atoms with van der Waals surface area (Å²) in [5.41, 5.74) is 5.50. The molecule has 14 heavy (non-hydrogen) atoms.